The molecule has 1 saturated heterocycles. The third kappa shape index (κ3) is 5.25. The van der Waals surface area contributed by atoms with Crippen LogP contribution in [0.1, 0.15) is 72.1 Å². The van der Waals surface area contributed by atoms with E-state index in [2.05, 4.69) is 31.0 Å². The lowest BCUT2D eigenvalue weighted by Gasteiger charge is -2.37. The summed E-state index contributed by atoms with van der Waals surface area (Å²) in [5.41, 5.74) is 0.567. The summed E-state index contributed by atoms with van der Waals surface area (Å²) in [4.78, 5) is 2.80. The number of nitrogens with zero attached hydrogens (tertiary/aromatic N) is 1. The third-order valence-corrected chi connectivity index (χ3v) is 5.90. The second-order valence-electron chi connectivity index (χ2n) is 8.12. The number of rotatable bonds is 7. The first-order valence-corrected chi connectivity index (χ1v) is 9.58. The maximum Gasteiger partial charge on any atom is 0.00503 e. The quantitative estimate of drug-likeness (QED) is 0.556. The van der Waals surface area contributed by atoms with Gasteiger partial charge in [0.05, 0.1) is 0 Å². The molecule has 1 unspecified atom stereocenters. The van der Waals surface area contributed by atoms with Gasteiger partial charge in [0.25, 0.3) is 0 Å². The summed E-state index contributed by atoms with van der Waals surface area (Å²) in [6.45, 7) is 13.6. The van der Waals surface area contributed by atoms with E-state index in [0.29, 0.717) is 5.41 Å². The van der Waals surface area contributed by atoms with Crippen LogP contribution >= 0.6 is 0 Å². The minimum absolute atomic E-state index is 0.567. The Morgan fingerprint density at radius 2 is 1.86 bits per heavy atom. The van der Waals surface area contributed by atoms with E-state index in [1.807, 2.05) is 0 Å². The van der Waals surface area contributed by atoms with Crippen LogP contribution in [0.5, 0.6) is 0 Å². The lowest BCUT2D eigenvalue weighted by Crippen LogP contribution is -2.43. The summed E-state index contributed by atoms with van der Waals surface area (Å²) in [5, 5.41) is 3.75. The lowest BCUT2D eigenvalue weighted by molar-refractivity contribution is 0.140. The van der Waals surface area contributed by atoms with Gasteiger partial charge in [-0.15, -0.1) is 0 Å². The van der Waals surface area contributed by atoms with Crippen LogP contribution in [-0.2, 0) is 0 Å². The van der Waals surface area contributed by atoms with E-state index < -0.39 is 0 Å². The van der Waals surface area contributed by atoms with E-state index in [1.165, 1.54) is 84.1 Å². The first-order chi connectivity index (χ1) is 10.2. The van der Waals surface area contributed by atoms with Crippen LogP contribution in [0, 0.1) is 17.3 Å². The van der Waals surface area contributed by atoms with E-state index in [9.17, 15) is 0 Å². The highest BCUT2D eigenvalue weighted by atomic mass is 15.2. The molecule has 1 aliphatic carbocycles. The molecule has 21 heavy (non-hydrogen) atoms. The Hall–Kier alpha value is -0.0800. The van der Waals surface area contributed by atoms with E-state index in [1.54, 1.807) is 0 Å². The van der Waals surface area contributed by atoms with Gasteiger partial charge in [-0.25, -0.2) is 0 Å². The lowest BCUT2D eigenvalue weighted by atomic mass is 9.79. The van der Waals surface area contributed by atoms with Gasteiger partial charge in [0.1, 0.15) is 0 Å². The van der Waals surface area contributed by atoms with Crippen LogP contribution in [0.2, 0.25) is 0 Å². The van der Waals surface area contributed by atoms with Gasteiger partial charge >= 0.3 is 0 Å². The Bertz CT molecular complexity index is 279. The van der Waals surface area contributed by atoms with Gasteiger partial charge in [-0.2, -0.15) is 0 Å². The maximum atomic E-state index is 3.75. The van der Waals surface area contributed by atoms with Crippen LogP contribution in [0.4, 0.5) is 0 Å². The van der Waals surface area contributed by atoms with Crippen LogP contribution in [0.3, 0.4) is 0 Å². The Morgan fingerprint density at radius 1 is 1.14 bits per heavy atom. The highest BCUT2D eigenvalue weighted by molar-refractivity contribution is 4.89. The molecule has 124 valence electrons. The Balaban J connectivity index is 1.91. The predicted octanol–water partition coefficient (Wildman–Crippen LogP) is 4.30. The molecule has 0 aromatic rings. The standard InChI is InChI=1S/C19H38N2/c1-4-12-20-15-19(10-7-5-6-8-11-19)16-21-13-9-18(14-21)17(2)3/h17-18,20H,4-16H2,1-3H3. The minimum Gasteiger partial charge on any atom is -0.316 e. The van der Waals surface area contributed by atoms with Crippen LogP contribution in [0.15, 0.2) is 0 Å². The first kappa shape index (κ1) is 17.3. The Labute approximate surface area is 133 Å². The molecular weight excluding hydrogens is 256 g/mol. The fraction of sp³-hybridized carbons (Fsp3) is 1.00. The molecule has 2 nitrogen and oxygen atoms in total. The van der Waals surface area contributed by atoms with Crippen molar-refractivity contribution in [1.82, 2.24) is 10.2 Å². The van der Waals surface area contributed by atoms with Crippen molar-refractivity contribution < 1.29 is 0 Å². The molecule has 2 fully saturated rings. The van der Waals surface area contributed by atoms with Gasteiger partial charge in [-0.05, 0) is 56.0 Å². The van der Waals surface area contributed by atoms with Crippen molar-refractivity contribution in [2.24, 2.45) is 17.3 Å². The summed E-state index contributed by atoms with van der Waals surface area (Å²) in [5.74, 6) is 1.80. The summed E-state index contributed by atoms with van der Waals surface area (Å²) in [6.07, 6.45) is 11.4. The molecule has 0 aromatic heterocycles. The van der Waals surface area contributed by atoms with Gasteiger partial charge in [0.15, 0.2) is 0 Å². The van der Waals surface area contributed by atoms with Gasteiger partial charge in [-0.1, -0.05) is 46.5 Å². The fourth-order valence-corrected chi connectivity index (χ4v) is 4.42. The molecule has 2 rings (SSSR count). The normalized spacial score (nSPS) is 27.1. The zero-order valence-electron chi connectivity index (χ0n) is 14.8. The number of nitrogens with one attached hydrogen (secondary N) is 1. The SMILES string of the molecule is CCCNCC1(CN2CCC(C(C)C)C2)CCCCCC1. The van der Waals surface area contributed by atoms with Crippen LogP contribution in [-0.4, -0.2) is 37.6 Å². The van der Waals surface area contributed by atoms with Crippen molar-refractivity contribution in [3.8, 4) is 0 Å². The predicted molar refractivity (Wildman–Crippen MR) is 92.7 cm³/mol. The van der Waals surface area contributed by atoms with Crippen molar-refractivity contribution in [2.45, 2.75) is 72.1 Å². The Morgan fingerprint density at radius 3 is 2.43 bits per heavy atom. The molecule has 1 N–H and O–H groups in total. The number of hydrogen-bond donors (Lipinski definition) is 1. The Kier molecular flexibility index (Phi) is 7.01. The van der Waals surface area contributed by atoms with E-state index in [-0.39, 0.29) is 0 Å². The smallest absolute Gasteiger partial charge is 0.00503 e. The second-order valence-corrected chi connectivity index (χ2v) is 8.12. The van der Waals surface area contributed by atoms with Crippen molar-refractivity contribution in [3.05, 3.63) is 0 Å². The number of likely N-dealkylation sites (tertiary alicyclic amines) is 1. The monoisotopic (exact) mass is 294 g/mol. The van der Waals surface area contributed by atoms with Crippen molar-refractivity contribution >= 4 is 0 Å². The van der Waals surface area contributed by atoms with Crippen molar-refractivity contribution in [1.29, 1.82) is 0 Å². The molecule has 0 aromatic carbocycles. The van der Waals surface area contributed by atoms with Gasteiger partial charge in [-0.3, -0.25) is 0 Å². The number of hydrogen-bond acceptors (Lipinski definition) is 2. The van der Waals surface area contributed by atoms with Gasteiger partial charge in [0, 0.05) is 19.6 Å². The molecule has 0 spiro atoms. The molecule has 1 atom stereocenters. The van der Waals surface area contributed by atoms with Crippen molar-refractivity contribution in [2.75, 3.05) is 32.7 Å². The van der Waals surface area contributed by atoms with E-state index >= 15 is 0 Å². The second kappa shape index (κ2) is 8.53. The highest BCUT2D eigenvalue weighted by Gasteiger charge is 2.35. The summed E-state index contributed by atoms with van der Waals surface area (Å²) in [7, 11) is 0. The first-order valence-electron chi connectivity index (χ1n) is 9.58. The largest absolute Gasteiger partial charge is 0.316 e. The maximum absolute atomic E-state index is 3.75. The highest BCUT2D eigenvalue weighted by Crippen LogP contribution is 2.37. The van der Waals surface area contributed by atoms with Gasteiger partial charge < -0.3 is 10.2 Å². The average Bonchev–Trinajstić information content (AvgIpc) is 2.79. The molecule has 1 aliphatic heterocycles. The fourth-order valence-electron chi connectivity index (χ4n) is 4.42. The zero-order chi connectivity index (χ0) is 15.1. The topological polar surface area (TPSA) is 15.3 Å². The minimum atomic E-state index is 0.567. The molecule has 2 heteroatoms. The molecular formula is C19H38N2. The summed E-state index contributed by atoms with van der Waals surface area (Å²) >= 11 is 0. The molecule has 0 amide bonds. The van der Waals surface area contributed by atoms with E-state index in [4.69, 9.17) is 0 Å². The molecule has 2 aliphatic rings. The van der Waals surface area contributed by atoms with Crippen LogP contribution < -0.4 is 5.32 Å². The van der Waals surface area contributed by atoms with Gasteiger partial charge in [0.2, 0.25) is 0 Å². The molecule has 1 heterocycles. The summed E-state index contributed by atoms with van der Waals surface area (Å²) < 4.78 is 0. The molecule has 0 bridgehead atoms. The van der Waals surface area contributed by atoms with Crippen LogP contribution in [0.25, 0.3) is 0 Å². The average molecular weight is 295 g/mol. The molecule has 0 radical (unpaired) electrons. The summed E-state index contributed by atoms with van der Waals surface area (Å²) in [6, 6.07) is 0. The molecule has 1 saturated carbocycles. The zero-order valence-corrected chi connectivity index (χ0v) is 14.8. The van der Waals surface area contributed by atoms with Crippen molar-refractivity contribution in [3.63, 3.8) is 0 Å². The van der Waals surface area contributed by atoms with E-state index in [0.717, 1.165) is 11.8 Å². The third-order valence-electron chi connectivity index (χ3n) is 5.90.